The van der Waals surface area contributed by atoms with Crippen molar-refractivity contribution in [1.29, 1.82) is 0 Å². The van der Waals surface area contributed by atoms with Gasteiger partial charge in [0, 0.05) is 91.1 Å². The summed E-state index contributed by atoms with van der Waals surface area (Å²) in [5.41, 5.74) is 13.1. The Morgan fingerprint density at radius 1 is 0.842 bits per heavy atom. The standard InChI is InChI=1S/C64H97N13O22S2/c1-6-35(2)43-24-40(79)28-68-59(89)38-22-44-42-7-8-51(95-5)45(33-100-20-10-66-53(84)9-12-96-14-16-98-18-19-99-17-15-97-13-11-76-30-39(74-75-76)27-67-58(88)36(3)21-55(86)87)57(42)73-63(44)101(94)34-47(70-54(85)29-69-60(43)90)61(91)71-46(26-52(65)83)64(93)77-31-41(80)25-48(77)62(92)72-56(49(81)23-38)37(4)50(82)32-78/h7-8,30,35-38,41,43,46-48,50,56,73-75,78,80,82H,6,9-29,31-34H2,1-5H3,(H2,65,83)(H,66,84)(H,67,88)(H,68,89)(H,69,90)(H,70,85)(H,71,91)(H,72,92)(H,86,87)/t35-,36?,37-,38+,41+,43-,46-,47-,48-,50-,56-,101?/m0/s1. The van der Waals surface area contributed by atoms with Crippen LogP contribution in [0.25, 0.3) is 10.9 Å². The number of nitrogens with one attached hydrogen (secondary N) is 10. The van der Waals surface area contributed by atoms with Crippen LogP contribution in [0.1, 0.15) is 83.8 Å². The molecule has 37 heteroatoms. The first-order chi connectivity index (χ1) is 48.2. The number of rotatable bonds is 33. The summed E-state index contributed by atoms with van der Waals surface area (Å²) in [5.74, 6) is -14.9. The highest BCUT2D eigenvalue weighted by Crippen LogP contribution is 2.37. The molecule has 4 aliphatic rings. The quantitative estimate of drug-likeness (QED) is 0.0301. The van der Waals surface area contributed by atoms with E-state index in [0.29, 0.717) is 79.7 Å². The maximum atomic E-state index is 15.4. The third-order valence-corrected chi connectivity index (χ3v) is 20.0. The minimum atomic E-state index is -2.44. The van der Waals surface area contributed by atoms with Crippen molar-refractivity contribution >= 4 is 104 Å². The van der Waals surface area contributed by atoms with E-state index in [1.54, 1.807) is 44.1 Å². The maximum absolute atomic E-state index is 15.4. The van der Waals surface area contributed by atoms with E-state index in [1.807, 2.05) is 0 Å². The number of carboxylic acids is 1. The van der Waals surface area contributed by atoms with Gasteiger partial charge >= 0.3 is 5.97 Å². The first-order valence-electron chi connectivity index (χ1n) is 33.5. The molecule has 0 spiro atoms. The molecule has 5 heterocycles. The normalized spacial score (nSPS) is 23.4. The molecule has 2 unspecified atom stereocenters. The lowest BCUT2D eigenvalue weighted by Crippen LogP contribution is -2.60. The summed E-state index contributed by atoms with van der Waals surface area (Å²) in [5, 5.41) is 61.1. The molecule has 2 bridgehead atoms. The number of Topliss-reactive ketones (excluding diaryl/α,β-unsaturated/α-hetero) is 2. The maximum Gasteiger partial charge on any atom is 0.304 e. The van der Waals surface area contributed by atoms with Crippen LogP contribution in [0.2, 0.25) is 0 Å². The van der Waals surface area contributed by atoms with Crippen LogP contribution in [0.4, 0.5) is 0 Å². The number of hydrazine groups is 2. The molecule has 0 saturated carbocycles. The van der Waals surface area contributed by atoms with Gasteiger partial charge in [-0.3, -0.25) is 66.8 Å². The highest BCUT2D eigenvalue weighted by Gasteiger charge is 2.45. The number of amides is 9. The number of ether oxygens (including phenoxy) is 5. The van der Waals surface area contributed by atoms with E-state index in [-0.39, 0.29) is 73.9 Å². The number of nitrogens with two attached hydrogens (primary N) is 1. The van der Waals surface area contributed by atoms with Crippen LogP contribution < -0.4 is 58.6 Å². The summed E-state index contributed by atoms with van der Waals surface area (Å²) < 4.78 is 43.5. The van der Waals surface area contributed by atoms with Crippen molar-refractivity contribution in [2.75, 3.05) is 117 Å². The van der Waals surface area contributed by atoms with Crippen LogP contribution in [-0.2, 0) is 99.5 Å². The first-order valence-corrected chi connectivity index (χ1v) is 36.0. The van der Waals surface area contributed by atoms with Crippen LogP contribution in [0.3, 0.4) is 0 Å². The number of hydrogen-bond acceptors (Lipinski definition) is 25. The number of aliphatic hydroxyl groups is 3. The van der Waals surface area contributed by atoms with Gasteiger partial charge in [-0.25, -0.2) is 0 Å². The van der Waals surface area contributed by atoms with E-state index in [9.17, 15) is 68.1 Å². The number of carbonyl (C=O) groups is 12. The van der Waals surface area contributed by atoms with Crippen LogP contribution in [-0.4, -0.2) is 264 Å². The Balaban J connectivity index is 1.14. The van der Waals surface area contributed by atoms with Crippen molar-refractivity contribution < 1.29 is 106 Å². The second-order valence-electron chi connectivity index (χ2n) is 25.1. The molecule has 6 rings (SSSR count). The van der Waals surface area contributed by atoms with Crippen molar-refractivity contribution in [3.63, 3.8) is 0 Å². The Morgan fingerprint density at radius 2 is 1.52 bits per heavy atom. The van der Waals surface area contributed by atoms with Gasteiger partial charge in [0.05, 0.1) is 152 Å². The van der Waals surface area contributed by atoms with Gasteiger partial charge in [0.1, 0.15) is 28.9 Å². The van der Waals surface area contributed by atoms with Gasteiger partial charge in [0.15, 0.2) is 11.6 Å². The second kappa shape index (κ2) is 41.3. The number of aromatic amines is 1. The molecule has 0 aliphatic carbocycles. The average Bonchev–Trinajstić information content (AvgIpc) is 1.62. The highest BCUT2D eigenvalue weighted by atomic mass is 32.2. The van der Waals surface area contributed by atoms with Gasteiger partial charge in [-0.1, -0.05) is 34.1 Å². The number of benzene rings is 1. The summed E-state index contributed by atoms with van der Waals surface area (Å²) in [6, 6.07) is -3.79. The van der Waals surface area contributed by atoms with Crippen molar-refractivity contribution in [2.24, 2.45) is 35.3 Å². The van der Waals surface area contributed by atoms with Crippen molar-refractivity contribution in [3.8, 4) is 5.75 Å². The van der Waals surface area contributed by atoms with Crippen LogP contribution in [0.15, 0.2) is 29.1 Å². The van der Waals surface area contributed by atoms with E-state index < -0.39 is 200 Å². The van der Waals surface area contributed by atoms with Gasteiger partial charge in [-0.05, 0) is 30.0 Å². The molecular weight excluding hydrogens is 1370 g/mol. The largest absolute Gasteiger partial charge is 0.496 e. The van der Waals surface area contributed by atoms with Gasteiger partial charge < -0.3 is 102 Å². The molecule has 1 aromatic carbocycles. The molecule has 16 N–H and O–H groups in total. The predicted octanol–water partition coefficient (Wildman–Crippen LogP) is -4.24. The van der Waals surface area contributed by atoms with Gasteiger partial charge in [-0.15, -0.1) is 5.53 Å². The van der Waals surface area contributed by atoms with Gasteiger partial charge in [0.25, 0.3) is 0 Å². The van der Waals surface area contributed by atoms with Crippen LogP contribution in [0.5, 0.6) is 5.75 Å². The number of ketones is 2. The zero-order valence-corrected chi connectivity index (χ0v) is 59.0. The Labute approximate surface area is 590 Å². The summed E-state index contributed by atoms with van der Waals surface area (Å²) in [6.45, 7) is 6.76. The number of methoxy groups -OCH3 is 1. The minimum Gasteiger partial charge on any atom is -0.496 e. The smallest absolute Gasteiger partial charge is 0.304 e. The van der Waals surface area contributed by atoms with Crippen LogP contribution >= 0.6 is 11.8 Å². The van der Waals surface area contributed by atoms with Gasteiger partial charge in [0.2, 0.25) is 53.2 Å². The Morgan fingerprint density at radius 3 is 2.19 bits per heavy atom. The molecule has 2 aromatic rings. The lowest BCUT2D eigenvalue weighted by molar-refractivity contribution is -0.144. The molecule has 562 valence electrons. The van der Waals surface area contributed by atoms with Crippen molar-refractivity contribution in [2.45, 2.75) is 126 Å². The number of thioether (sulfide) groups is 1. The van der Waals surface area contributed by atoms with Crippen molar-refractivity contribution in [3.05, 3.63) is 35.2 Å². The Hall–Kier alpha value is -7.88. The molecule has 101 heavy (non-hydrogen) atoms. The summed E-state index contributed by atoms with van der Waals surface area (Å²) >= 11 is 1.38. The minimum absolute atomic E-state index is 0.0546. The monoisotopic (exact) mass is 1460 g/mol. The molecule has 1 fully saturated rings. The molecule has 0 radical (unpaired) electrons. The summed E-state index contributed by atoms with van der Waals surface area (Å²) in [4.78, 5) is 168. The SMILES string of the molecule is CC[C@H](C)[C@@H]1CC(=O)CNC(=O)[C@H]2CC(=O)[C@H]([C@@H](C)[C@@H](O)CO)NC(=O)[C@@H]3C[C@@H](O)CN3C(=O)[C@H](CC(N)=O)NC(=O)[C@H](CS(=O)c3[nH]c4c(CSCCNC(=O)CCOCCOCCOCCOCCN5C=C(CNC(=O)C(C)CC(=O)O)NN5)c(OC)ccc4c3C2)NC(=O)CNC1=O. The molecule has 4 aliphatic heterocycles. The number of fused-ring (bicyclic) bond motifs is 5. The van der Waals surface area contributed by atoms with E-state index in [1.165, 1.54) is 25.8 Å². The van der Waals surface area contributed by atoms with Crippen LogP contribution in [0, 0.1) is 29.6 Å². The zero-order valence-electron chi connectivity index (χ0n) is 57.4. The average molecular weight is 1460 g/mol. The highest BCUT2D eigenvalue weighted by molar-refractivity contribution is 7.98. The summed E-state index contributed by atoms with van der Waals surface area (Å²) in [6.07, 6.45) is -3.93. The molecule has 1 aromatic heterocycles. The summed E-state index contributed by atoms with van der Waals surface area (Å²) in [7, 11) is -1.02. The van der Waals surface area contributed by atoms with E-state index in [0.717, 1.165) is 4.90 Å². The predicted molar refractivity (Wildman–Crippen MR) is 362 cm³/mol. The lowest BCUT2D eigenvalue weighted by atomic mass is 9.85. The number of aromatic nitrogens is 1. The van der Waals surface area contributed by atoms with E-state index >= 15 is 9.00 Å². The zero-order chi connectivity index (χ0) is 73.9. The molecule has 9 amide bonds. The fourth-order valence-corrected chi connectivity index (χ4v) is 13.9. The number of aliphatic carboxylic acids is 1. The van der Waals surface area contributed by atoms with Gasteiger partial charge in [-0.2, -0.15) is 11.8 Å². The molecule has 12 atom stereocenters. The van der Waals surface area contributed by atoms with E-state index in [4.69, 9.17) is 34.5 Å². The molecule has 1 saturated heterocycles. The Kier molecular flexibility index (Phi) is 33.5. The van der Waals surface area contributed by atoms with Crippen molar-refractivity contribution in [1.82, 2.24) is 63.1 Å². The number of H-pyrrole nitrogens is 1. The fraction of sp³-hybridized carbons (Fsp3) is 0.656. The molecular formula is C64H97N13O22S2. The fourth-order valence-electron chi connectivity index (χ4n) is 11.6. The third-order valence-electron chi connectivity index (χ3n) is 17.6. The number of hydrogen-bond donors (Lipinski definition) is 15. The number of carbonyl (C=O) groups excluding carboxylic acids is 11. The third kappa shape index (κ3) is 25.3. The second-order valence-corrected chi connectivity index (χ2v) is 27.6. The Bertz CT molecular complexity index is 3300. The number of nitrogens with zero attached hydrogens (tertiary/aromatic N) is 2. The van der Waals surface area contributed by atoms with E-state index in [2.05, 4.69) is 53.2 Å². The molecule has 35 nitrogen and oxygen atoms in total. The topological polar surface area (TPSA) is 506 Å². The number of aliphatic hydroxyl groups excluding tert-OH is 3. The lowest BCUT2D eigenvalue weighted by Gasteiger charge is -2.32. The number of primary amides is 1. The number of carboxylic acid groups (broad SMARTS) is 1. The first kappa shape index (κ1) is 82.1.